The summed E-state index contributed by atoms with van der Waals surface area (Å²) in [6.45, 7) is 1.29. The first-order valence-electron chi connectivity index (χ1n) is 7.04. The smallest absolute Gasteiger partial charge is 0.351 e. The lowest BCUT2D eigenvalue weighted by atomic mass is 9.97. The van der Waals surface area contributed by atoms with Crippen molar-refractivity contribution in [1.29, 1.82) is 0 Å². The van der Waals surface area contributed by atoms with Crippen LogP contribution in [-0.4, -0.2) is 23.3 Å². The molecule has 0 bridgehead atoms. The van der Waals surface area contributed by atoms with Crippen LogP contribution in [0.1, 0.15) is 17.5 Å². The fourth-order valence-corrected chi connectivity index (χ4v) is 2.72. The van der Waals surface area contributed by atoms with Crippen molar-refractivity contribution < 1.29 is 13.2 Å². The summed E-state index contributed by atoms with van der Waals surface area (Å²) < 4.78 is 39.1. The molecule has 1 aliphatic rings. The van der Waals surface area contributed by atoms with Crippen molar-refractivity contribution in [2.45, 2.75) is 12.6 Å². The topological polar surface area (TPSA) is 29.0 Å². The third-order valence-corrected chi connectivity index (χ3v) is 4.13. The number of hydrogen-bond acceptors (Lipinski definition) is 3. The Balaban J connectivity index is 1.78. The fraction of sp³-hybridized carbons (Fsp3) is 0.250. The van der Waals surface area contributed by atoms with E-state index in [4.69, 9.17) is 0 Å². The summed E-state index contributed by atoms with van der Waals surface area (Å²) in [6.07, 6.45) is -1.70. The average Bonchev–Trinajstić information content (AvgIpc) is 2.55. The summed E-state index contributed by atoms with van der Waals surface area (Å²) in [6, 6.07) is 9.15. The van der Waals surface area contributed by atoms with E-state index in [1.54, 1.807) is 6.07 Å². The van der Waals surface area contributed by atoms with Gasteiger partial charge in [-0.25, -0.2) is 0 Å². The van der Waals surface area contributed by atoms with E-state index in [1.807, 2.05) is 23.1 Å². The number of alkyl halides is 3. The van der Waals surface area contributed by atoms with Crippen LogP contribution in [0.25, 0.3) is 5.57 Å². The highest BCUT2D eigenvalue weighted by molar-refractivity contribution is 9.10. The number of rotatable bonds is 2. The van der Waals surface area contributed by atoms with Gasteiger partial charge in [0.05, 0.1) is 5.56 Å². The van der Waals surface area contributed by atoms with E-state index < -0.39 is 11.7 Å². The van der Waals surface area contributed by atoms with Gasteiger partial charge in [-0.1, -0.05) is 18.2 Å². The maximum Gasteiger partial charge on any atom is 0.416 e. The number of nitrogens with zero attached hydrogens (tertiary/aromatic N) is 3. The molecule has 2 heterocycles. The second-order valence-corrected chi connectivity index (χ2v) is 6.03. The first-order valence-corrected chi connectivity index (χ1v) is 7.83. The molecule has 0 unspecified atom stereocenters. The van der Waals surface area contributed by atoms with Gasteiger partial charge in [0.25, 0.3) is 0 Å². The number of anilines is 1. The van der Waals surface area contributed by atoms with E-state index in [0.29, 0.717) is 29.7 Å². The lowest BCUT2D eigenvalue weighted by Gasteiger charge is -2.27. The summed E-state index contributed by atoms with van der Waals surface area (Å²) in [5.74, 6) is 0.757. The summed E-state index contributed by atoms with van der Waals surface area (Å²) in [5, 5.41) is 8.05. The molecule has 3 nitrogen and oxygen atoms in total. The van der Waals surface area contributed by atoms with Crippen LogP contribution in [-0.2, 0) is 6.18 Å². The summed E-state index contributed by atoms with van der Waals surface area (Å²) in [5.41, 5.74) is 0.941. The number of benzene rings is 1. The molecule has 0 saturated carbocycles. The molecule has 0 aliphatic carbocycles. The van der Waals surface area contributed by atoms with Gasteiger partial charge in [0.2, 0.25) is 0 Å². The quantitative estimate of drug-likeness (QED) is 0.761. The van der Waals surface area contributed by atoms with Crippen LogP contribution in [0, 0.1) is 0 Å². The minimum Gasteiger partial charge on any atom is -0.351 e. The molecule has 7 heteroatoms. The van der Waals surface area contributed by atoms with E-state index in [1.165, 1.54) is 12.1 Å². The molecular formula is C16H13BrF3N3. The minimum absolute atomic E-state index is 0.599. The van der Waals surface area contributed by atoms with Gasteiger partial charge in [0, 0.05) is 13.1 Å². The predicted octanol–water partition coefficient (Wildman–Crippen LogP) is 4.55. The molecular weight excluding hydrogens is 371 g/mol. The molecule has 23 heavy (non-hydrogen) atoms. The van der Waals surface area contributed by atoms with Crippen molar-refractivity contribution in [3.8, 4) is 0 Å². The zero-order chi connectivity index (χ0) is 16.4. The highest BCUT2D eigenvalue weighted by Gasteiger charge is 2.30. The second-order valence-electron chi connectivity index (χ2n) is 5.22. The summed E-state index contributed by atoms with van der Waals surface area (Å²) in [7, 11) is 0. The highest BCUT2D eigenvalue weighted by atomic mass is 79.9. The SMILES string of the molecule is FC(F)(F)c1cccc(C2=CCN(c3ccc(Br)nn3)CC2)c1. The van der Waals surface area contributed by atoms with Gasteiger partial charge < -0.3 is 4.90 Å². The molecule has 3 rings (SSSR count). The van der Waals surface area contributed by atoms with Crippen LogP contribution in [0.2, 0.25) is 0 Å². The van der Waals surface area contributed by atoms with Crippen molar-refractivity contribution in [3.05, 3.63) is 58.2 Å². The Kier molecular flexibility index (Phi) is 4.39. The highest BCUT2D eigenvalue weighted by Crippen LogP contribution is 2.32. The second kappa shape index (κ2) is 6.31. The third-order valence-electron chi connectivity index (χ3n) is 3.71. The minimum atomic E-state index is -4.32. The Morgan fingerprint density at radius 2 is 1.91 bits per heavy atom. The normalized spacial score (nSPS) is 15.5. The molecule has 0 saturated heterocycles. The zero-order valence-electron chi connectivity index (χ0n) is 12.0. The van der Waals surface area contributed by atoms with E-state index >= 15 is 0 Å². The third kappa shape index (κ3) is 3.72. The first kappa shape index (κ1) is 16.0. The predicted molar refractivity (Wildman–Crippen MR) is 86.0 cm³/mol. The maximum atomic E-state index is 12.8. The van der Waals surface area contributed by atoms with E-state index in [9.17, 15) is 13.2 Å². The van der Waals surface area contributed by atoms with Crippen LogP contribution in [0.15, 0.2) is 47.1 Å². The average molecular weight is 384 g/mol. The lowest BCUT2D eigenvalue weighted by molar-refractivity contribution is -0.137. The maximum absolute atomic E-state index is 12.8. The van der Waals surface area contributed by atoms with Gasteiger partial charge in [0.15, 0.2) is 5.82 Å². The van der Waals surface area contributed by atoms with Crippen LogP contribution in [0.5, 0.6) is 0 Å². The Morgan fingerprint density at radius 3 is 2.52 bits per heavy atom. The zero-order valence-corrected chi connectivity index (χ0v) is 13.6. The van der Waals surface area contributed by atoms with Gasteiger partial charge >= 0.3 is 6.18 Å². The number of aromatic nitrogens is 2. The molecule has 0 N–H and O–H groups in total. The lowest BCUT2D eigenvalue weighted by Crippen LogP contribution is -2.29. The molecule has 1 aliphatic heterocycles. The molecule has 0 radical (unpaired) electrons. The Labute approximate surface area is 140 Å². The van der Waals surface area contributed by atoms with Gasteiger partial charge in [0.1, 0.15) is 4.60 Å². The standard InChI is InChI=1S/C16H13BrF3N3/c17-14-4-5-15(22-21-14)23-8-6-11(7-9-23)12-2-1-3-13(10-12)16(18,19)20/h1-6,10H,7-9H2. The molecule has 120 valence electrons. The van der Waals surface area contributed by atoms with Gasteiger partial charge in [-0.3, -0.25) is 0 Å². The van der Waals surface area contributed by atoms with Crippen molar-refractivity contribution in [2.75, 3.05) is 18.0 Å². The van der Waals surface area contributed by atoms with Crippen molar-refractivity contribution in [1.82, 2.24) is 10.2 Å². The molecule has 1 aromatic carbocycles. The van der Waals surface area contributed by atoms with Gasteiger partial charge in [-0.15, -0.1) is 10.2 Å². The van der Waals surface area contributed by atoms with Gasteiger partial charge in [-0.05, 0) is 57.8 Å². The summed E-state index contributed by atoms with van der Waals surface area (Å²) >= 11 is 3.24. The van der Waals surface area contributed by atoms with Crippen LogP contribution >= 0.6 is 15.9 Å². The molecule has 0 atom stereocenters. The van der Waals surface area contributed by atoms with Crippen LogP contribution < -0.4 is 4.90 Å². The number of hydrogen-bond donors (Lipinski definition) is 0. The van der Waals surface area contributed by atoms with Crippen LogP contribution in [0.3, 0.4) is 0 Å². The molecule has 2 aromatic rings. The van der Waals surface area contributed by atoms with Crippen molar-refractivity contribution in [3.63, 3.8) is 0 Å². The molecule has 1 aromatic heterocycles. The number of halogens is 4. The molecule has 0 amide bonds. The van der Waals surface area contributed by atoms with Crippen LogP contribution in [0.4, 0.5) is 19.0 Å². The van der Waals surface area contributed by atoms with E-state index in [-0.39, 0.29) is 0 Å². The Hall–Kier alpha value is -1.89. The Morgan fingerprint density at radius 1 is 1.09 bits per heavy atom. The monoisotopic (exact) mass is 383 g/mol. The molecule has 0 spiro atoms. The summed E-state index contributed by atoms with van der Waals surface area (Å²) in [4.78, 5) is 2.04. The van der Waals surface area contributed by atoms with Crippen molar-refractivity contribution >= 4 is 27.3 Å². The first-order chi connectivity index (χ1) is 10.9. The molecule has 0 fully saturated rings. The fourth-order valence-electron chi connectivity index (χ4n) is 2.51. The Bertz CT molecular complexity index is 726. The van der Waals surface area contributed by atoms with E-state index in [0.717, 1.165) is 17.5 Å². The van der Waals surface area contributed by atoms with Crippen molar-refractivity contribution in [2.24, 2.45) is 0 Å². The van der Waals surface area contributed by atoms with Gasteiger partial charge in [-0.2, -0.15) is 13.2 Å². The van der Waals surface area contributed by atoms with E-state index in [2.05, 4.69) is 26.1 Å². The largest absolute Gasteiger partial charge is 0.416 e.